The Hall–Kier alpha value is -3.73. The highest BCUT2D eigenvalue weighted by Gasteiger charge is 2.17. The van der Waals surface area contributed by atoms with Crippen LogP contribution in [0.5, 0.6) is 0 Å². The fourth-order valence-electron chi connectivity index (χ4n) is 3.01. The molecule has 5 heteroatoms. The van der Waals surface area contributed by atoms with E-state index in [1.807, 2.05) is 37.3 Å². The van der Waals surface area contributed by atoms with Gasteiger partial charge in [0.15, 0.2) is 5.78 Å². The van der Waals surface area contributed by atoms with Crippen LogP contribution in [-0.4, -0.2) is 22.8 Å². The van der Waals surface area contributed by atoms with Crippen molar-refractivity contribution in [3.8, 4) is 11.1 Å². The zero-order chi connectivity index (χ0) is 20.3. The molecule has 0 unspecified atom stereocenters. The number of carboxylic acids is 1. The smallest absolute Gasteiger partial charge is 0.336 e. The van der Waals surface area contributed by atoms with Crippen molar-refractivity contribution >= 4 is 23.3 Å². The molecule has 0 aromatic heterocycles. The lowest BCUT2D eigenvalue weighted by Gasteiger charge is -2.10. The minimum atomic E-state index is -1.13. The van der Waals surface area contributed by atoms with Crippen LogP contribution in [0.3, 0.4) is 0 Å². The predicted molar refractivity (Wildman–Crippen MR) is 108 cm³/mol. The number of aryl methyl sites for hydroxylation is 1. The summed E-state index contributed by atoms with van der Waals surface area (Å²) in [6.07, 6.45) is 0. The molecule has 0 radical (unpaired) electrons. The van der Waals surface area contributed by atoms with Crippen LogP contribution in [0.4, 0.5) is 5.69 Å². The van der Waals surface area contributed by atoms with Crippen molar-refractivity contribution in [3.63, 3.8) is 0 Å². The van der Waals surface area contributed by atoms with Gasteiger partial charge in [0.25, 0.3) is 0 Å². The molecule has 0 saturated carbocycles. The molecule has 3 aromatic rings. The number of aromatic carboxylic acids is 1. The summed E-state index contributed by atoms with van der Waals surface area (Å²) in [5, 5.41) is 12.1. The number of benzene rings is 3. The molecule has 2 N–H and O–H groups in total. The molecule has 0 fully saturated rings. The van der Waals surface area contributed by atoms with Crippen molar-refractivity contribution in [3.05, 3.63) is 89.0 Å². The number of carbonyl (C=O) groups excluding carboxylic acids is 2. The first kappa shape index (κ1) is 19.0. The average molecular weight is 373 g/mol. The summed E-state index contributed by atoms with van der Waals surface area (Å²) < 4.78 is 0. The van der Waals surface area contributed by atoms with Gasteiger partial charge in [-0.05, 0) is 41.8 Å². The van der Waals surface area contributed by atoms with Crippen molar-refractivity contribution < 1.29 is 19.5 Å². The molecule has 0 aliphatic rings. The Kier molecular flexibility index (Phi) is 5.36. The van der Waals surface area contributed by atoms with E-state index in [0.717, 1.165) is 22.4 Å². The lowest BCUT2D eigenvalue weighted by atomic mass is 9.96. The highest BCUT2D eigenvalue weighted by atomic mass is 16.4. The van der Waals surface area contributed by atoms with E-state index in [-0.39, 0.29) is 22.8 Å². The molecule has 0 spiro atoms. The van der Waals surface area contributed by atoms with Gasteiger partial charge in [0.1, 0.15) is 0 Å². The van der Waals surface area contributed by atoms with E-state index in [2.05, 4.69) is 5.32 Å². The zero-order valence-electron chi connectivity index (χ0n) is 15.5. The lowest BCUT2D eigenvalue weighted by molar-refractivity contribution is -0.114. The van der Waals surface area contributed by atoms with Crippen LogP contribution < -0.4 is 5.32 Å². The van der Waals surface area contributed by atoms with E-state index in [1.165, 1.54) is 19.1 Å². The van der Waals surface area contributed by atoms with Crippen LogP contribution in [0.25, 0.3) is 11.1 Å². The maximum atomic E-state index is 12.7. The lowest BCUT2D eigenvalue weighted by Crippen LogP contribution is -2.09. The average Bonchev–Trinajstić information content (AvgIpc) is 2.69. The standard InChI is InChI=1S/C23H19NO4/c1-14-13-18(11-12-21(14)24-15(2)25)16-7-9-17(10-8-16)22(26)19-5-3-4-6-20(19)23(27)28/h3-13H,1-2H3,(H,24,25)(H,27,28). The number of anilines is 1. The molecule has 0 aliphatic carbocycles. The van der Waals surface area contributed by atoms with Gasteiger partial charge in [0.05, 0.1) is 5.56 Å². The van der Waals surface area contributed by atoms with Gasteiger partial charge in [-0.1, -0.05) is 48.5 Å². The minimum absolute atomic E-state index is 0.0132. The van der Waals surface area contributed by atoms with Crippen molar-refractivity contribution in [1.29, 1.82) is 0 Å². The monoisotopic (exact) mass is 373 g/mol. The number of nitrogens with one attached hydrogen (secondary N) is 1. The van der Waals surface area contributed by atoms with E-state index in [4.69, 9.17) is 0 Å². The van der Waals surface area contributed by atoms with E-state index in [0.29, 0.717) is 5.56 Å². The summed E-state index contributed by atoms with van der Waals surface area (Å²) in [6, 6.07) is 18.9. The van der Waals surface area contributed by atoms with Crippen molar-refractivity contribution in [2.24, 2.45) is 0 Å². The van der Waals surface area contributed by atoms with Crippen LogP contribution >= 0.6 is 0 Å². The minimum Gasteiger partial charge on any atom is -0.478 e. The Balaban J connectivity index is 1.88. The zero-order valence-corrected chi connectivity index (χ0v) is 15.5. The van der Waals surface area contributed by atoms with Crippen molar-refractivity contribution in [2.45, 2.75) is 13.8 Å². The van der Waals surface area contributed by atoms with Crippen LogP contribution in [-0.2, 0) is 4.79 Å². The van der Waals surface area contributed by atoms with Crippen molar-refractivity contribution in [2.75, 3.05) is 5.32 Å². The molecule has 0 aliphatic heterocycles. The normalized spacial score (nSPS) is 10.4. The number of rotatable bonds is 5. The molecule has 0 atom stereocenters. The second-order valence-electron chi connectivity index (χ2n) is 6.47. The molecule has 0 bridgehead atoms. The summed E-state index contributed by atoms with van der Waals surface area (Å²) in [5.41, 5.74) is 4.14. The van der Waals surface area contributed by atoms with Gasteiger partial charge in [0, 0.05) is 23.7 Å². The summed E-state index contributed by atoms with van der Waals surface area (Å²) in [5.74, 6) is -1.59. The number of carbonyl (C=O) groups is 3. The third-order valence-electron chi connectivity index (χ3n) is 4.42. The largest absolute Gasteiger partial charge is 0.478 e. The van der Waals surface area contributed by atoms with Gasteiger partial charge < -0.3 is 10.4 Å². The second kappa shape index (κ2) is 7.88. The number of carboxylic acid groups (broad SMARTS) is 1. The fraction of sp³-hybridized carbons (Fsp3) is 0.0870. The van der Waals surface area contributed by atoms with Gasteiger partial charge in [-0.15, -0.1) is 0 Å². The number of hydrogen-bond acceptors (Lipinski definition) is 3. The third-order valence-corrected chi connectivity index (χ3v) is 4.42. The third kappa shape index (κ3) is 3.99. The Morgan fingerprint density at radius 1 is 0.821 bits per heavy atom. The van der Waals surface area contributed by atoms with E-state index < -0.39 is 5.97 Å². The molecule has 5 nitrogen and oxygen atoms in total. The van der Waals surface area contributed by atoms with Gasteiger partial charge in [0.2, 0.25) is 5.91 Å². The first-order valence-electron chi connectivity index (χ1n) is 8.72. The SMILES string of the molecule is CC(=O)Nc1ccc(-c2ccc(C(=O)c3ccccc3C(=O)O)cc2)cc1C. The van der Waals surface area contributed by atoms with Crippen LogP contribution in [0, 0.1) is 6.92 Å². The number of hydrogen-bond donors (Lipinski definition) is 2. The van der Waals surface area contributed by atoms with Crippen LogP contribution in [0.1, 0.15) is 38.8 Å². The quantitative estimate of drug-likeness (QED) is 0.643. The molecular formula is C23H19NO4. The Morgan fingerprint density at radius 3 is 2.00 bits per heavy atom. The summed E-state index contributed by atoms with van der Waals surface area (Å²) in [4.78, 5) is 35.3. The maximum absolute atomic E-state index is 12.7. The van der Waals surface area contributed by atoms with Gasteiger partial charge >= 0.3 is 5.97 Å². The van der Waals surface area contributed by atoms with Gasteiger partial charge in [-0.2, -0.15) is 0 Å². The number of ketones is 1. The molecular weight excluding hydrogens is 354 g/mol. The highest BCUT2D eigenvalue weighted by molar-refractivity contribution is 6.14. The van der Waals surface area contributed by atoms with Crippen LogP contribution in [0.15, 0.2) is 66.7 Å². The van der Waals surface area contributed by atoms with E-state index >= 15 is 0 Å². The Bertz CT molecular complexity index is 1070. The molecule has 140 valence electrons. The van der Waals surface area contributed by atoms with E-state index in [1.54, 1.807) is 24.3 Å². The fourth-order valence-corrected chi connectivity index (χ4v) is 3.01. The summed E-state index contributed by atoms with van der Waals surface area (Å²) in [7, 11) is 0. The van der Waals surface area contributed by atoms with Gasteiger partial charge in [-0.3, -0.25) is 9.59 Å². The first-order valence-corrected chi connectivity index (χ1v) is 8.72. The van der Waals surface area contributed by atoms with Crippen LogP contribution in [0.2, 0.25) is 0 Å². The molecule has 0 saturated heterocycles. The number of amides is 1. The topological polar surface area (TPSA) is 83.5 Å². The first-order chi connectivity index (χ1) is 13.4. The molecule has 28 heavy (non-hydrogen) atoms. The summed E-state index contributed by atoms with van der Waals surface area (Å²) >= 11 is 0. The summed E-state index contributed by atoms with van der Waals surface area (Å²) in [6.45, 7) is 3.38. The molecule has 3 rings (SSSR count). The van der Waals surface area contributed by atoms with Gasteiger partial charge in [-0.25, -0.2) is 4.79 Å². The molecule has 3 aromatic carbocycles. The second-order valence-corrected chi connectivity index (χ2v) is 6.47. The van der Waals surface area contributed by atoms with Crippen molar-refractivity contribution in [1.82, 2.24) is 0 Å². The Labute approximate surface area is 162 Å². The Morgan fingerprint density at radius 2 is 1.43 bits per heavy atom. The predicted octanol–water partition coefficient (Wildman–Crippen LogP) is 4.55. The highest BCUT2D eigenvalue weighted by Crippen LogP contribution is 2.26. The maximum Gasteiger partial charge on any atom is 0.336 e. The molecule has 1 amide bonds. The van der Waals surface area contributed by atoms with E-state index in [9.17, 15) is 19.5 Å². The molecule has 0 heterocycles.